The second kappa shape index (κ2) is 5.33. The van der Waals surface area contributed by atoms with Crippen molar-refractivity contribution in [1.82, 2.24) is 0 Å². The summed E-state index contributed by atoms with van der Waals surface area (Å²) in [5, 5.41) is 10.7. The highest BCUT2D eigenvalue weighted by atomic mass is 19.3. The third-order valence-electron chi connectivity index (χ3n) is 1.92. The molecule has 17 heavy (non-hydrogen) atoms. The van der Waals surface area contributed by atoms with Gasteiger partial charge in [0.1, 0.15) is 12.4 Å². The highest BCUT2D eigenvalue weighted by molar-refractivity contribution is 5.98. The molecule has 0 amide bonds. The van der Waals surface area contributed by atoms with E-state index >= 15 is 0 Å². The number of nitrogens with zero attached hydrogens (tertiary/aromatic N) is 1. The minimum Gasteiger partial charge on any atom is -0.487 e. The van der Waals surface area contributed by atoms with Gasteiger partial charge in [0.05, 0.1) is 16.6 Å². The lowest BCUT2D eigenvalue weighted by Crippen LogP contribution is -2.08. The Balaban J connectivity index is 3.02. The van der Waals surface area contributed by atoms with Crippen molar-refractivity contribution in [3.8, 4) is 5.75 Å². The Morgan fingerprint density at radius 3 is 2.65 bits per heavy atom. The average molecular weight is 245 g/mol. The van der Waals surface area contributed by atoms with E-state index in [-0.39, 0.29) is 11.3 Å². The smallest absolute Gasteiger partial charge is 0.283 e. The number of benzene rings is 1. The molecular weight excluding hydrogens is 236 g/mol. The van der Waals surface area contributed by atoms with E-state index < -0.39 is 29.4 Å². The number of hydrogen-bond acceptors (Lipinski definition) is 4. The molecule has 1 rings (SSSR count). The van der Waals surface area contributed by atoms with Crippen LogP contribution in [-0.2, 0) is 0 Å². The number of ketones is 1. The quantitative estimate of drug-likeness (QED) is 0.454. The number of rotatable bonds is 5. The van der Waals surface area contributed by atoms with Crippen LogP contribution in [0.5, 0.6) is 5.75 Å². The first-order chi connectivity index (χ1) is 7.91. The van der Waals surface area contributed by atoms with Gasteiger partial charge in [-0.05, 0) is 19.1 Å². The molecule has 1 aromatic rings. The van der Waals surface area contributed by atoms with E-state index in [1.54, 1.807) is 0 Å². The fourth-order valence-electron chi connectivity index (χ4n) is 1.21. The van der Waals surface area contributed by atoms with Gasteiger partial charge in [-0.1, -0.05) is 0 Å². The maximum absolute atomic E-state index is 11.9. The molecule has 0 aliphatic rings. The Morgan fingerprint density at radius 1 is 1.53 bits per heavy atom. The van der Waals surface area contributed by atoms with Crippen LogP contribution in [0, 0.1) is 10.1 Å². The van der Waals surface area contributed by atoms with Crippen molar-refractivity contribution < 1.29 is 23.2 Å². The predicted octanol–water partition coefficient (Wildman–Crippen LogP) is 2.44. The molecule has 5 nitrogen and oxygen atoms in total. The summed E-state index contributed by atoms with van der Waals surface area (Å²) in [5.41, 5.74) is -0.538. The van der Waals surface area contributed by atoms with E-state index in [2.05, 4.69) is 4.74 Å². The van der Waals surface area contributed by atoms with Gasteiger partial charge in [0.15, 0.2) is 5.78 Å². The fourth-order valence-corrected chi connectivity index (χ4v) is 1.21. The molecule has 1 aromatic carbocycles. The molecule has 0 bridgehead atoms. The summed E-state index contributed by atoms with van der Waals surface area (Å²) >= 11 is 0. The largest absolute Gasteiger partial charge is 0.487 e. The zero-order valence-electron chi connectivity index (χ0n) is 8.85. The van der Waals surface area contributed by atoms with Crippen LogP contribution in [0.15, 0.2) is 18.2 Å². The van der Waals surface area contributed by atoms with Crippen LogP contribution in [0.1, 0.15) is 17.3 Å². The van der Waals surface area contributed by atoms with Crippen molar-refractivity contribution in [1.29, 1.82) is 0 Å². The first kappa shape index (κ1) is 13.0. The Hall–Kier alpha value is -2.05. The van der Waals surface area contributed by atoms with Crippen LogP contribution in [-0.4, -0.2) is 23.7 Å². The van der Waals surface area contributed by atoms with Crippen molar-refractivity contribution >= 4 is 11.5 Å². The van der Waals surface area contributed by atoms with Crippen molar-refractivity contribution in [3.05, 3.63) is 33.9 Å². The minimum absolute atomic E-state index is 0.0676. The summed E-state index contributed by atoms with van der Waals surface area (Å²) in [4.78, 5) is 21.0. The van der Waals surface area contributed by atoms with Gasteiger partial charge in [-0.3, -0.25) is 14.9 Å². The first-order valence-corrected chi connectivity index (χ1v) is 4.62. The normalized spacial score (nSPS) is 10.4. The predicted molar refractivity (Wildman–Crippen MR) is 54.6 cm³/mol. The zero-order valence-corrected chi connectivity index (χ0v) is 8.85. The highest BCUT2D eigenvalue weighted by Gasteiger charge is 2.18. The average Bonchev–Trinajstić information content (AvgIpc) is 2.25. The topological polar surface area (TPSA) is 69.4 Å². The summed E-state index contributed by atoms with van der Waals surface area (Å²) in [6.07, 6.45) is -2.67. The number of nitro groups is 1. The second-order valence-electron chi connectivity index (χ2n) is 3.19. The number of Topliss-reactive ketones (excluding diaryl/α,β-unsaturated/α-hetero) is 1. The number of hydrogen-bond donors (Lipinski definition) is 0. The van der Waals surface area contributed by atoms with E-state index in [4.69, 9.17) is 0 Å². The number of alkyl halides is 2. The van der Waals surface area contributed by atoms with Crippen molar-refractivity contribution in [2.75, 3.05) is 6.61 Å². The number of nitro benzene ring substituents is 1. The summed E-state index contributed by atoms with van der Waals surface area (Å²) < 4.78 is 28.4. The first-order valence-electron chi connectivity index (χ1n) is 4.62. The summed E-state index contributed by atoms with van der Waals surface area (Å²) in [7, 11) is 0. The molecule has 0 fully saturated rings. The molecule has 0 aromatic heterocycles. The number of carbonyl (C=O) groups is 1. The van der Waals surface area contributed by atoms with Gasteiger partial charge in [0.2, 0.25) is 0 Å². The number of ether oxygens (including phenoxy) is 1. The number of carbonyl (C=O) groups excluding carboxylic acids is 1. The standard InChI is InChI=1S/C10H9F2NO4/c1-6(14)8-3-2-7(17-5-10(11)12)4-9(8)13(15)16/h2-4,10H,5H2,1H3. The van der Waals surface area contributed by atoms with E-state index in [0.717, 1.165) is 6.07 Å². The lowest BCUT2D eigenvalue weighted by Gasteiger charge is -2.06. The Bertz CT molecular complexity index is 448. The molecule has 92 valence electrons. The van der Waals surface area contributed by atoms with E-state index in [1.165, 1.54) is 19.1 Å². The molecule has 0 radical (unpaired) electrons. The van der Waals surface area contributed by atoms with Crippen LogP contribution in [0.25, 0.3) is 0 Å². The SMILES string of the molecule is CC(=O)c1ccc(OCC(F)F)cc1[N+](=O)[O-]. The van der Waals surface area contributed by atoms with Crippen LogP contribution in [0.3, 0.4) is 0 Å². The van der Waals surface area contributed by atoms with Gasteiger partial charge in [-0.2, -0.15) is 0 Å². The maximum Gasteiger partial charge on any atom is 0.283 e. The van der Waals surface area contributed by atoms with Crippen LogP contribution >= 0.6 is 0 Å². The van der Waals surface area contributed by atoms with E-state index in [1.807, 2.05) is 0 Å². The molecule has 0 aliphatic heterocycles. The summed E-state index contributed by atoms with van der Waals surface area (Å²) in [6.45, 7) is 0.332. The third-order valence-corrected chi connectivity index (χ3v) is 1.92. The molecule has 0 spiro atoms. The molecule has 0 saturated heterocycles. The molecule has 0 atom stereocenters. The molecule has 0 N–H and O–H groups in total. The number of halogens is 2. The van der Waals surface area contributed by atoms with Crippen molar-refractivity contribution in [2.45, 2.75) is 13.3 Å². The highest BCUT2D eigenvalue weighted by Crippen LogP contribution is 2.25. The molecule has 7 heteroatoms. The van der Waals surface area contributed by atoms with Crippen LogP contribution < -0.4 is 4.74 Å². The zero-order chi connectivity index (χ0) is 13.0. The summed E-state index contributed by atoms with van der Waals surface area (Å²) in [6, 6.07) is 3.38. The lowest BCUT2D eigenvalue weighted by atomic mass is 10.1. The van der Waals surface area contributed by atoms with Gasteiger partial charge in [-0.15, -0.1) is 0 Å². The fraction of sp³-hybridized carbons (Fsp3) is 0.300. The Labute approximate surface area is 95.2 Å². The van der Waals surface area contributed by atoms with Gasteiger partial charge in [0, 0.05) is 0 Å². The van der Waals surface area contributed by atoms with E-state index in [0.29, 0.717) is 0 Å². The summed E-state index contributed by atoms with van der Waals surface area (Å²) in [5.74, 6) is -0.542. The maximum atomic E-state index is 11.9. The lowest BCUT2D eigenvalue weighted by molar-refractivity contribution is -0.385. The van der Waals surface area contributed by atoms with E-state index in [9.17, 15) is 23.7 Å². The molecule has 0 aliphatic carbocycles. The molecule has 0 unspecified atom stereocenters. The van der Waals surface area contributed by atoms with Crippen molar-refractivity contribution in [3.63, 3.8) is 0 Å². The van der Waals surface area contributed by atoms with Gasteiger partial charge in [-0.25, -0.2) is 8.78 Å². The van der Waals surface area contributed by atoms with Gasteiger partial charge < -0.3 is 4.74 Å². The van der Waals surface area contributed by atoms with Crippen LogP contribution in [0.2, 0.25) is 0 Å². The Kier molecular flexibility index (Phi) is 4.08. The monoisotopic (exact) mass is 245 g/mol. The van der Waals surface area contributed by atoms with Gasteiger partial charge >= 0.3 is 0 Å². The Morgan fingerprint density at radius 2 is 2.18 bits per heavy atom. The molecule has 0 heterocycles. The molecular formula is C10H9F2NO4. The molecule has 0 saturated carbocycles. The third kappa shape index (κ3) is 3.47. The minimum atomic E-state index is -2.67. The van der Waals surface area contributed by atoms with Crippen LogP contribution in [0.4, 0.5) is 14.5 Å². The van der Waals surface area contributed by atoms with Crippen molar-refractivity contribution in [2.24, 2.45) is 0 Å². The second-order valence-corrected chi connectivity index (χ2v) is 3.19. The van der Waals surface area contributed by atoms with Gasteiger partial charge in [0.25, 0.3) is 12.1 Å².